The molecule has 2 saturated carbocycles. The highest BCUT2D eigenvalue weighted by molar-refractivity contribution is 5.96. The third kappa shape index (κ3) is 1.99. The number of carbonyl (C=O) groups is 2. The van der Waals surface area contributed by atoms with Crippen molar-refractivity contribution in [2.24, 2.45) is 34.5 Å². The minimum Gasteiger partial charge on any atom is -0.389 e. The van der Waals surface area contributed by atoms with Gasteiger partial charge in [-0.2, -0.15) is 0 Å². The van der Waals surface area contributed by atoms with E-state index >= 15 is 0 Å². The van der Waals surface area contributed by atoms with Gasteiger partial charge in [0, 0.05) is 16.7 Å². The van der Waals surface area contributed by atoms with E-state index in [1.54, 1.807) is 12.2 Å². The highest BCUT2D eigenvalue weighted by Gasteiger charge is 2.66. The highest BCUT2D eigenvalue weighted by atomic mass is 16.3. The van der Waals surface area contributed by atoms with Crippen LogP contribution in [0.5, 0.6) is 0 Å². The third-order valence-electron chi connectivity index (χ3n) is 7.37. The van der Waals surface area contributed by atoms with E-state index in [-0.39, 0.29) is 35.2 Å². The van der Waals surface area contributed by atoms with E-state index in [1.165, 1.54) is 0 Å². The summed E-state index contributed by atoms with van der Waals surface area (Å²) in [6.07, 6.45) is 2.39. The molecule has 0 bridgehead atoms. The lowest BCUT2D eigenvalue weighted by Gasteiger charge is -2.62. The molecule has 0 amide bonds. The molecule has 2 fully saturated rings. The van der Waals surface area contributed by atoms with Crippen LogP contribution >= 0.6 is 0 Å². The zero-order valence-corrected chi connectivity index (χ0v) is 15.0. The maximum atomic E-state index is 12.9. The molecule has 0 aromatic rings. The van der Waals surface area contributed by atoms with Crippen molar-refractivity contribution in [2.45, 2.75) is 52.7 Å². The van der Waals surface area contributed by atoms with Gasteiger partial charge >= 0.3 is 0 Å². The molecule has 4 nitrogen and oxygen atoms in total. The Bertz CT molecular complexity index is 632. The fraction of sp³-hybridized carbons (Fsp3) is 0.700. The SMILES string of the molecule is C=CC1=CC(=O)[C@@H]2[C@H](CC[C@H]3C(C)(C)C(=O)[C@H](O)[C@H](O)[C@]23C)[C@@H]1C. The average molecular weight is 332 g/mol. The third-order valence-corrected chi connectivity index (χ3v) is 7.37. The number of aliphatic hydroxyl groups excluding tert-OH is 2. The molecule has 2 N–H and O–H groups in total. The predicted octanol–water partition coefficient (Wildman–Crippen LogP) is 2.30. The van der Waals surface area contributed by atoms with Crippen molar-refractivity contribution in [3.8, 4) is 0 Å². The zero-order valence-electron chi connectivity index (χ0n) is 15.0. The van der Waals surface area contributed by atoms with Crippen molar-refractivity contribution >= 4 is 11.6 Å². The Kier molecular flexibility index (Phi) is 3.93. The first-order valence-corrected chi connectivity index (χ1v) is 8.86. The number of ketones is 2. The van der Waals surface area contributed by atoms with E-state index in [2.05, 4.69) is 13.5 Å². The maximum Gasteiger partial charge on any atom is 0.169 e. The summed E-state index contributed by atoms with van der Waals surface area (Å²) in [5.74, 6) is -0.499. The number of fused-ring (bicyclic) bond motifs is 3. The smallest absolute Gasteiger partial charge is 0.169 e. The van der Waals surface area contributed by atoms with Crippen LogP contribution in [0.3, 0.4) is 0 Å². The number of hydrogen-bond donors (Lipinski definition) is 2. The summed E-state index contributed by atoms with van der Waals surface area (Å²) in [5.41, 5.74) is -0.594. The van der Waals surface area contributed by atoms with Crippen LogP contribution in [0.2, 0.25) is 0 Å². The van der Waals surface area contributed by atoms with Crippen LogP contribution in [0, 0.1) is 34.5 Å². The van der Waals surface area contributed by atoms with Crippen molar-refractivity contribution in [1.29, 1.82) is 0 Å². The molecule has 7 atom stereocenters. The second-order valence-electron chi connectivity index (χ2n) is 8.65. The van der Waals surface area contributed by atoms with Gasteiger partial charge in [-0.25, -0.2) is 0 Å². The van der Waals surface area contributed by atoms with E-state index in [9.17, 15) is 19.8 Å². The number of allylic oxidation sites excluding steroid dienone is 3. The van der Waals surface area contributed by atoms with Gasteiger partial charge in [0.25, 0.3) is 0 Å². The monoisotopic (exact) mass is 332 g/mol. The zero-order chi connectivity index (χ0) is 18.0. The van der Waals surface area contributed by atoms with Gasteiger partial charge in [0.2, 0.25) is 0 Å². The fourth-order valence-corrected chi connectivity index (χ4v) is 6.01. The molecule has 0 unspecified atom stereocenters. The normalized spacial score (nSPS) is 47.5. The molecule has 3 rings (SSSR count). The van der Waals surface area contributed by atoms with Crippen LogP contribution in [-0.2, 0) is 9.59 Å². The summed E-state index contributed by atoms with van der Waals surface area (Å²) in [6.45, 7) is 11.5. The van der Waals surface area contributed by atoms with Crippen LogP contribution in [-0.4, -0.2) is 34.0 Å². The van der Waals surface area contributed by atoms with Gasteiger partial charge < -0.3 is 10.2 Å². The lowest BCUT2D eigenvalue weighted by atomic mass is 9.42. The molecule has 0 radical (unpaired) electrons. The molecule has 4 heteroatoms. The Balaban J connectivity index is 2.15. The number of Topliss-reactive ketones (excluding diaryl/α,β-unsaturated/α-hetero) is 1. The number of aliphatic hydroxyl groups is 2. The van der Waals surface area contributed by atoms with Gasteiger partial charge in [0.1, 0.15) is 6.10 Å². The van der Waals surface area contributed by atoms with Crippen molar-refractivity contribution in [2.75, 3.05) is 0 Å². The molecule has 24 heavy (non-hydrogen) atoms. The molecule has 0 spiro atoms. The molecule has 0 saturated heterocycles. The Hall–Kier alpha value is -1.26. The number of rotatable bonds is 1. The molecule has 0 aromatic heterocycles. The average Bonchev–Trinajstić information content (AvgIpc) is 2.54. The first-order valence-electron chi connectivity index (χ1n) is 8.86. The van der Waals surface area contributed by atoms with Crippen LogP contribution in [0.4, 0.5) is 0 Å². The van der Waals surface area contributed by atoms with Gasteiger partial charge in [-0.1, -0.05) is 40.3 Å². The summed E-state index contributed by atoms with van der Waals surface area (Å²) in [6, 6.07) is 0. The summed E-state index contributed by atoms with van der Waals surface area (Å²) >= 11 is 0. The Morgan fingerprint density at radius 2 is 1.83 bits per heavy atom. The fourth-order valence-electron chi connectivity index (χ4n) is 6.01. The molecule has 3 aliphatic carbocycles. The Morgan fingerprint density at radius 3 is 2.42 bits per heavy atom. The van der Waals surface area contributed by atoms with Crippen LogP contribution < -0.4 is 0 Å². The van der Waals surface area contributed by atoms with E-state index < -0.39 is 23.0 Å². The van der Waals surface area contributed by atoms with E-state index in [4.69, 9.17) is 0 Å². The van der Waals surface area contributed by atoms with E-state index in [0.29, 0.717) is 0 Å². The highest BCUT2D eigenvalue weighted by Crippen LogP contribution is 2.62. The minimum atomic E-state index is -1.42. The van der Waals surface area contributed by atoms with Crippen molar-refractivity contribution in [1.82, 2.24) is 0 Å². The van der Waals surface area contributed by atoms with E-state index in [1.807, 2.05) is 20.8 Å². The standard InChI is InChI=1S/C20H28O4/c1-6-11-9-13(21)15-12(10(11)2)7-8-14-19(3,4)17(23)16(22)18(24)20(14,15)5/h6,9-10,12,14-16,18,22,24H,1,7-8H2,2-5H3/t10-,12-,14+,15+,16+,18+,20+/m1/s1. The van der Waals surface area contributed by atoms with Crippen LogP contribution in [0.25, 0.3) is 0 Å². The molecule has 0 aromatic carbocycles. The molecule has 132 valence electrons. The van der Waals surface area contributed by atoms with Crippen LogP contribution in [0.15, 0.2) is 24.3 Å². The largest absolute Gasteiger partial charge is 0.389 e. The summed E-state index contributed by atoms with van der Waals surface area (Å²) < 4.78 is 0. The summed E-state index contributed by atoms with van der Waals surface area (Å²) in [4.78, 5) is 25.5. The number of hydrogen-bond acceptors (Lipinski definition) is 4. The maximum absolute atomic E-state index is 12.9. The second-order valence-corrected chi connectivity index (χ2v) is 8.65. The lowest BCUT2D eigenvalue weighted by molar-refractivity contribution is -0.208. The number of carbonyl (C=O) groups excluding carboxylic acids is 2. The first kappa shape index (κ1) is 17.6. The van der Waals surface area contributed by atoms with Crippen molar-refractivity contribution < 1.29 is 19.8 Å². The molecule has 3 aliphatic rings. The lowest BCUT2D eigenvalue weighted by Crippen LogP contribution is -2.68. The van der Waals surface area contributed by atoms with Gasteiger partial charge in [-0.3, -0.25) is 9.59 Å². The first-order chi connectivity index (χ1) is 11.1. The van der Waals surface area contributed by atoms with Gasteiger partial charge in [0.05, 0.1) is 6.10 Å². The van der Waals surface area contributed by atoms with Crippen LogP contribution in [0.1, 0.15) is 40.5 Å². The van der Waals surface area contributed by atoms with Gasteiger partial charge in [-0.05, 0) is 42.2 Å². The van der Waals surface area contributed by atoms with Gasteiger partial charge in [-0.15, -0.1) is 0 Å². The summed E-state index contributed by atoms with van der Waals surface area (Å²) in [5, 5.41) is 21.2. The van der Waals surface area contributed by atoms with E-state index in [0.717, 1.165) is 18.4 Å². The molecule has 0 aliphatic heterocycles. The molecule has 0 heterocycles. The predicted molar refractivity (Wildman–Crippen MR) is 91.1 cm³/mol. The Morgan fingerprint density at radius 1 is 1.21 bits per heavy atom. The van der Waals surface area contributed by atoms with Crippen molar-refractivity contribution in [3.63, 3.8) is 0 Å². The van der Waals surface area contributed by atoms with Gasteiger partial charge in [0.15, 0.2) is 11.6 Å². The summed E-state index contributed by atoms with van der Waals surface area (Å²) in [7, 11) is 0. The van der Waals surface area contributed by atoms with Crippen molar-refractivity contribution in [3.05, 3.63) is 24.3 Å². The minimum absolute atomic E-state index is 0.00315. The topological polar surface area (TPSA) is 74.6 Å². The molecular weight excluding hydrogens is 304 g/mol. The quantitative estimate of drug-likeness (QED) is 0.773. The molecular formula is C20H28O4. The Labute approximate surface area is 143 Å². The second kappa shape index (κ2) is 5.37.